The molecule has 40 heavy (non-hydrogen) atoms. The molecule has 1 N–H and O–H groups in total. The van der Waals surface area contributed by atoms with Crippen LogP contribution in [0.1, 0.15) is 52.5 Å². The number of fused-ring (bicyclic) bond motifs is 1. The highest BCUT2D eigenvalue weighted by Crippen LogP contribution is 2.26. The lowest BCUT2D eigenvalue weighted by Gasteiger charge is -2.32. The van der Waals surface area contributed by atoms with Gasteiger partial charge in [0, 0.05) is 29.4 Å². The first-order valence-electron chi connectivity index (χ1n) is 13.7. The second-order valence-corrected chi connectivity index (χ2v) is 11.2. The van der Waals surface area contributed by atoms with Crippen molar-refractivity contribution in [3.8, 4) is 0 Å². The van der Waals surface area contributed by atoms with Gasteiger partial charge in [-0.15, -0.1) is 0 Å². The number of aromatic carboxylic acids is 1. The van der Waals surface area contributed by atoms with Crippen molar-refractivity contribution < 1.29 is 19.0 Å². The maximum atomic E-state index is 14.3. The van der Waals surface area contributed by atoms with Gasteiger partial charge in [-0.05, 0) is 86.7 Å². The number of aromatic nitrogens is 4. The summed E-state index contributed by atoms with van der Waals surface area (Å²) in [6.45, 7) is 3.94. The van der Waals surface area contributed by atoms with Gasteiger partial charge >= 0.3 is 5.97 Å². The predicted molar refractivity (Wildman–Crippen MR) is 149 cm³/mol. The van der Waals surface area contributed by atoms with E-state index in [-0.39, 0.29) is 17.6 Å². The summed E-state index contributed by atoms with van der Waals surface area (Å²) in [5.41, 5.74) is 3.81. The van der Waals surface area contributed by atoms with Gasteiger partial charge in [0.25, 0.3) is 0 Å². The number of likely N-dealkylation sites (tertiary alicyclic amines) is 1. The topological polar surface area (TPSA) is 93.4 Å². The molecule has 0 unspecified atom stereocenters. The summed E-state index contributed by atoms with van der Waals surface area (Å²) in [6, 6.07) is 14.0. The summed E-state index contributed by atoms with van der Waals surface area (Å²) >= 11 is 5.89. The van der Waals surface area contributed by atoms with Crippen LogP contribution in [0.15, 0.2) is 48.5 Å². The lowest BCUT2D eigenvalue weighted by atomic mass is 9.92. The average molecular weight is 564 g/mol. The van der Waals surface area contributed by atoms with Crippen molar-refractivity contribution in [2.45, 2.75) is 51.3 Å². The first kappa shape index (κ1) is 26.8. The summed E-state index contributed by atoms with van der Waals surface area (Å²) in [5.74, 6) is 0.0605. The molecule has 0 amide bonds. The van der Waals surface area contributed by atoms with Crippen molar-refractivity contribution in [2.75, 3.05) is 19.7 Å². The number of hydrogen-bond donors (Lipinski definition) is 1. The SMILES string of the molecule is O=C(O)c1ccc2nc(CN3CCC(Cc4cccc(Cc5ccc(Cl)cc5F)n4)CC3)n(C[C@@H]3CCO3)c2n1. The number of pyridine rings is 2. The third-order valence-electron chi connectivity index (χ3n) is 7.89. The normalized spacial score (nSPS) is 18.2. The Bertz CT molecular complexity index is 1530. The molecular formula is C30H31ClFN5O3. The van der Waals surface area contributed by atoms with Crippen LogP contribution in [0.4, 0.5) is 4.39 Å². The maximum absolute atomic E-state index is 14.3. The van der Waals surface area contributed by atoms with E-state index in [1.807, 2.05) is 16.7 Å². The first-order chi connectivity index (χ1) is 19.4. The van der Waals surface area contributed by atoms with Crippen LogP contribution in [0.5, 0.6) is 0 Å². The lowest BCUT2D eigenvalue weighted by molar-refractivity contribution is -0.0593. The molecule has 6 rings (SSSR count). The second kappa shape index (κ2) is 11.6. The Morgan fingerprint density at radius 1 is 1.05 bits per heavy atom. The van der Waals surface area contributed by atoms with Gasteiger partial charge in [0.05, 0.1) is 19.2 Å². The molecule has 3 aromatic heterocycles. The van der Waals surface area contributed by atoms with Crippen molar-refractivity contribution in [3.63, 3.8) is 0 Å². The molecule has 2 aliphatic heterocycles. The minimum atomic E-state index is -1.05. The van der Waals surface area contributed by atoms with Gasteiger partial charge < -0.3 is 14.4 Å². The third kappa shape index (κ3) is 6.01. The summed E-state index contributed by atoms with van der Waals surface area (Å²) in [4.78, 5) is 28.0. The molecule has 2 saturated heterocycles. The van der Waals surface area contributed by atoms with Crippen molar-refractivity contribution in [3.05, 3.63) is 87.8 Å². The molecular weight excluding hydrogens is 533 g/mol. The van der Waals surface area contributed by atoms with Gasteiger partial charge in [-0.1, -0.05) is 23.7 Å². The number of rotatable bonds is 9. The highest BCUT2D eigenvalue weighted by molar-refractivity contribution is 6.30. The molecule has 1 atom stereocenters. The van der Waals surface area contributed by atoms with E-state index < -0.39 is 5.97 Å². The highest BCUT2D eigenvalue weighted by Gasteiger charge is 2.26. The number of carboxylic acids is 1. The van der Waals surface area contributed by atoms with E-state index in [0.717, 1.165) is 62.6 Å². The smallest absolute Gasteiger partial charge is 0.354 e. The molecule has 0 aliphatic carbocycles. The molecule has 0 saturated carbocycles. The number of carboxylic acid groups (broad SMARTS) is 1. The average Bonchev–Trinajstić information content (AvgIpc) is 3.25. The number of carbonyl (C=O) groups is 1. The van der Waals surface area contributed by atoms with Gasteiger partial charge in [-0.25, -0.2) is 19.2 Å². The van der Waals surface area contributed by atoms with Crippen LogP contribution < -0.4 is 0 Å². The molecule has 0 radical (unpaired) electrons. The number of benzene rings is 1. The van der Waals surface area contributed by atoms with E-state index in [1.165, 1.54) is 12.1 Å². The zero-order chi connectivity index (χ0) is 27.6. The van der Waals surface area contributed by atoms with Crippen LogP contribution in [-0.4, -0.2) is 61.3 Å². The zero-order valence-corrected chi connectivity index (χ0v) is 22.9. The number of ether oxygens (including phenoxy) is 1. The fourth-order valence-corrected chi connectivity index (χ4v) is 5.72. The quantitative estimate of drug-likeness (QED) is 0.301. The van der Waals surface area contributed by atoms with Crippen molar-refractivity contribution in [1.29, 1.82) is 0 Å². The summed E-state index contributed by atoms with van der Waals surface area (Å²) in [5, 5.41) is 9.82. The second-order valence-electron chi connectivity index (χ2n) is 10.7. The third-order valence-corrected chi connectivity index (χ3v) is 8.13. The Morgan fingerprint density at radius 2 is 1.85 bits per heavy atom. The van der Waals surface area contributed by atoms with Crippen molar-refractivity contribution in [2.24, 2.45) is 5.92 Å². The number of hydrogen-bond acceptors (Lipinski definition) is 6. The summed E-state index contributed by atoms with van der Waals surface area (Å²) < 4.78 is 22.0. The molecule has 2 fully saturated rings. The van der Waals surface area contributed by atoms with Gasteiger partial charge in [0.15, 0.2) is 11.3 Å². The number of piperidine rings is 1. The fraction of sp³-hybridized carbons (Fsp3) is 0.400. The minimum absolute atomic E-state index is 0.0199. The van der Waals surface area contributed by atoms with Gasteiger partial charge in [-0.2, -0.15) is 0 Å². The zero-order valence-electron chi connectivity index (χ0n) is 22.1. The Labute approximate surface area is 236 Å². The number of imidazole rings is 1. The van der Waals surface area contributed by atoms with E-state index >= 15 is 0 Å². The minimum Gasteiger partial charge on any atom is -0.477 e. The Kier molecular flexibility index (Phi) is 7.78. The predicted octanol–water partition coefficient (Wildman–Crippen LogP) is 5.15. The molecule has 208 valence electrons. The fourth-order valence-electron chi connectivity index (χ4n) is 5.56. The standard InChI is InChI=1S/C30H31ClFN5O3/c31-21-5-4-20(25(32)16-21)15-23-3-1-2-22(33-23)14-19-8-11-36(12-9-19)18-28-34-26-6-7-27(30(38)39)35-29(26)37(28)17-24-10-13-40-24/h1-7,16,19,24H,8-15,17-18H2,(H,38,39)/t24-/m0/s1. The van der Waals surface area contributed by atoms with E-state index in [0.29, 0.717) is 47.2 Å². The van der Waals surface area contributed by atoms with E-state index in [9.17, 15) is 14.3 Å². The Balaban J connectivity index is 1.09. The summed E-state index contributed by atoms with van der Waals surface area (Å²) in [6.07, 6.45) is 4.51. The van der Waals surface area contributed by atoms with Crippen molar-refractivity contribution >= 4 is 28.7 Å². The molecule has 0 bridgehead atoms. The Hall–Kier alpha value is -3.40. The lowest BCUT2D eigenvalue weighted by Crippen LogP contribution is -2.36. The number of nitrogens with zero attached hydrogens (tertiary/aromatic N) is 5. The first-order valence-corrected chi connectivity index (χ1v) is 14.1. The molecule has 0 spiro atoms. The molecule has 2 aliphatic rings. The van der Waals surface area contributed by atoms with Crippen LogP contribution in [-0.2, 0) is 30.7 Å². The Morgan fingerprint density at radius 3 is 2.58 bits per heavy atom. The van der Waals surface area contributed by atoms with Crippen molar-refractivity contribution in [1.82, 2.24) is 24.4 Å². The highest BCUT2D eigenvalue weighted by atomic mass is 35.5. The molecule has 5 heterocycles. The van der Waals surface area contributed by atoms with E-state index in [2.05, 4.69) is 16.0 Å². The van der Waals surface area contributed by atoms with E-state index in [4.69, 9.17) is 26.3 Å². The maximum Gasteiger partial charge on any atom is 0.354 e. The molecule has 8 nitrogen and oxygen atoms in total. The monoisotopic (exact) mass is 563 g/mol. The van der Waals surface area contributed by atoms with Crippen LogP contribution in [0, 0.1) is 11.7 Å². The summed E-state index contributed by atoms with van der Waals surface area (Å²) in [7, 11) is 0. The van der Waals surface area contributed by atoms with Gasteiger partial charge in [0.1, 0.15) is 17.2 Å². The molecule has 10 heteroatoms. The largest absolute Gasteiger partial charge is 0.477 e. The van der Waals surface area contributed by atoms with E-state index in [1.54, 1.807) is 18.2 Å². The molecule has 4 aromatic rings. The van der Waals surface area contributed by atoms with Crippen LogP contribution in [0.2, 0.25) is 5.02 Å². The number of halogens is 2. The van der Waals surface area contributed by atoms with Gasteiger partial charge in [0.2, 0.25) is 0 Å². The molecule has 1 aromatic carbocycles. The van der Waals surface area contributed by atoms with Gasteiger partial charge in [-0.3, -0.25) is 9.88 Å². The van der Waals surface area contributed by atoms with Crippen LogP contribution in [0.3, 0.4) is 0 Å². The van der Waals surface area contributed by atoms with Crippen LogP contribution in [0.25, 0.3) is 11.2 Å². The van der Waals surface area contributed by atoms with Crippen LogP contribution >= 0.6 is 11.6 Å².